The standard InChI is InChI=1S/C49H65N3O15/c1-25-12-10-13-26(2)48(61)50-38-39(52-17-20-63-21-18-52)44(59)35-36(43(38)58)42(57)30(6)46-37(35)47(60)49(7,67-46)65-19-15-32(62-9)27(3)45(29(5)41(56)28(4)40(25)55)66-34(54)22-33(53)64-24-31-14-11-16-51(8)23-31/h10,12-13,15,19,25,27-29,31-32,40-41,45,55-57H,11,14,16-18,20-24H2,1-9H3,(H,50,61)/b12-10+,19-15+,26-13+. The molecule has 4 N–H and O–H groups in total. The van der Waals surface area contributed by atoms with Gasteiger partial charge in [0.15, 0.2) is 0 Å². The molecule has 18 nitrogen and oxygen atoms in total. The Morgan fingerprint density at radius 2 is 1.61 bits per heavy atom. The molecule has 67 heavy (non-hydrogen) atoms. The van der Waals surface area contributed by atoms with Gasteiger partial charge in [-0.25, -0.2) is 0 Å². The van der Waals surface area contributed by atoms with Crippen molar-refractivity contribution in [3.63, 3.8) is 0 Å². The highest BCUT2D eigenvalue weighted by Gasteiger charge is 2.53. The van der Waals surface area contributed by atoms with E-state index in [0.717, 1.165) is 32.2 Å². The fourth-order valence-electron chi connectivity index (χ4n) is 9.56. The van der Waals surface area contributed by atoms with Gasteiger partial charge in [0.2, 0.25) is 11.6 Å². The number of aliphatic hydroxyl groups is 2. The molecule has 366 valence electrons. The number of carbonyl (C=O) groups excluding carboxylic acids is 6. The van der Waals surface area contributed by atoms with E-state index < -0.39 is 112 Å². The zero-order valence-corrected chi connectivity index (χ0v) is 39.8. The Morgan fingerprint density at radius 3 is 2.28 bits per heavy atom. The summed E-state index contributed by atoms with van der Waals surface area (Å²) in [6.07, 6.45) is 3.91. The number of phenols is 1. The lowest BCUT2D eigenvalue weighted by Crippen LogP contribution is -2.47. The number of nitrogens with one attached hydrogen (secondary N) is 1. The van der Waals surface area contributed by atoms with Crippen molar-refractivity contribution in [2.24, 2.45) is 29.6 Å². The number of piperidine rings is 1. The molecule has 7 rings (SSSR count). The Kier molecular flexibility index (Phi) is 16.2. The van der Waals surface area contributed by atoms with Crippen LogP contribution in [0.1, 0.15) is 97.4 Å². The van der Waals surface area contributed by atoms with Crippen LogP contribution in [0, 0.1) is 36.5 Å². The Hall–Kier alpha value is -5.40. The summed E-state index contributed by atoms with van der Waals surface area (Å²) in [7, 11) is 3.39. The highest BCUT2D eigenvalue weighted by Crippen LogP contribution is 2.49. The molecule has 1 aromatic carbocycles. The van der Waals surface area contributed by atoms with Gasteiger partial charge in [0.05, 0.1) is 61.1 Å². The van der Waals surface area contributed by atoms with Gasteiger partial charge in [-0.15, -0.1) is 0 Å². The molecule has 1 aliphatic carbocycles. The third-order valence-corrected chi connectivity index (χ3v) is 13.7. The van der Waals surface area contributed by atoms with Crippen molar-refractivity contribution in [1.29, 1.82) is 0 Å². The SMILES string of the molecule is COC1/C=C/OC2(C)Oc3c(C)c(O)c4c(c3C2=O)C(=O)C(N2CCOCC2)=C(NC(=O)/C(C)=C/C=C/C(C)C(O)C(C)C(O)C(C)C(OC(=O)CC(=O)OCC2CCCN(C)C2)C1C)C4=O. The lowest BCUT2D eigenvalue weighted by atomic mass is 9.78. The number of hydrogen-bond acceptors (Lipinski definition) is 17. The number of esters is 2. The molecule has 18 heteroatoms. The lowest BCUT2D eigenvalue weighted by Gasteiger charge is -2.38. The van der Waals surface area contributed by atoms with Crippen molar-refractivity contribution in [3.05, 3.63) is 69.8 Å². The first-order valence-corrected chi connectivity index (χ1v) is 22.9. The van der Waals surface area contributed by atoms with Crippen LogP contribution in [0.25, 0.3) is 0 Å². The minimum Gasteiger partial charge on any atom is -0.507 e. The summed E-state index contributed by atoms with van der Waals surface area (Å²) < 4.78 is 34.9. The first-order valence-electron chi connectivity index (χ1n) is 22.9. The number of ether oxygens (including phenoxy) is 6. The number of Topliss-reactive ketones (excluding diaryl/α,β-unsaturated/α-hetero) is 3. The van der Waals surface area contributed by atoms with Gasteiger partial charge < -0.3 is 58.9 Å². The number of ketones is 3. The number of methoxy groups -OCH3 is 1. The molecule has 5 heterocycles. The predicted octanol–water partition coefficient (Wildman–Crippen LogP) is 3.55. The smallest absolute Gasteiger partial charge is 0.317 e. The number of fused-ring (bicyclic) bond motifs is 14. The largest absolute Gasteiger partial charge is 0.507 e. The highest BCUT2D eigenvalue weighted by atomic mass is 16.7. The van der Waals surface area contributed by atoms with Crippen LogP contribution in [0.15, 0.2) is 47.5 Å². The summed E-state index contributed by atoms with van der Waals surface area (Å²) in [6, 6.07) is 0. The number of hydrogen-bond donors (Lipinski definition) is 4. The second-order valence-electron chi connectivity index (χ2n) is 18.6. The molecule has 0 saturated carbocycles. The van der Waals surface area contributed by atoms with Gasteiger partial charge in [0.1, 0.15) is 35.4 Å². The van der Waals surface area contributed by atoms with Gasteiger partial charge in [-0.2, -0.15) is 0 Å². The average molecular weight is 936 g/mol. The van der Waals surface area contributed by atoms with Gasteiger partial charge in [-0.1, -0.05) is 45.9 Å². The highest BCUT2D eigenvalue weighted by molar-refractivity contribution is 6.32. The monoisotopic (exact) mass is 935 g/mol. The molecular weight excluding hydrogens is 871 g/mol. The van der Waals surface area contributed by atoms with Crippen molar-refractivity contribution in [1.82, 2.24) is 15.1 Å². The zero-order valence-electron chi connectivity index (χ0n) is 39.8. The van der Waals surface area contributed by atoms with Gasteiger partial charge in [0, 0.05) is 74.4 Å². The quantitative estimate of drug-likeness (QED) is 0.226. The fraction of sp³-hybridized carbons (Fsp3) is 0.592. The molecule has 5 aliphatic heterocycles. The molecule has 2 fully saturated rings. The van der Waals surface area contributed by atoms with Crippen LogP contribution in [0.2, 0.25) is 0 Å². The number of phenolic OH excluding ortho intramolecular Hbond substituents is 1. The van der Waals surface area contributed by atoms with Crippen LogP contribution >= 0.6 is 0 Å². The van der Waals surface area contributed by atoms with E-state index >= 15 is 0 Å². The van der Waals surface area contributed by atoms with Crippen LogP contribution < -0.4 is 10.1 Å². The van der Waals surface area contributed by atoms with Crippen LogP contribution in [0.5, 0.6) is 11.5 Å². The summed E-state index contributed by atoms with van der Waals surface area (Å²) in [4.78, 5) is 87.8. The summed E-state index contributed by atoms with van der Waals surface area (Å²) >= 11 is 0. The number of allylic oxidation sites excluding steroid dienone is 4. The molecule has 0 aromatic heterocycles. The number of benzene rings is 1. The molecule has 1 amide bonds. The molecule has 10 unspecified atom stereocenters. The van der Waals surface area contributed by atoms with E-state index in [1.165, 1.54) is 40.0 Å². The zero-order chi connectivity index (χ0) is 49.1. The summed E-state index contributed by atoms with van der Waals surface area (Å²) in [5.41, 5.74) is -1.64. The molecule has 0 spiro atoms. The van der Waals surface area contributed by atoms with Crippen molar-refractivity contribution >= 4 is 35.2 Å². The molecular formula is C49H65N3O15. The number of morpholine rings is 1. The second kappa shape index (κ2) is 21.3. The van der Waals surface area contributed by atoms with Gasteiger partial charge in [0.25, 0.3) is 11.7 Å². The topological polar surface area (TPSA) is 237 Å². The van der Waals surface area contributed by atoms with Crippen molar-refractivity contribution in [3.8, 4) is 11.5 Å². The third kappa shape index (κ3) is 10.7. The number of likely N-dealkylation sites (tertiary alicyclic amines) is 1. The molecule has 6 aliphatic rings. The van der Waals surface area contributed by atoms with Crippen molar-refractivity contribution in [2.75, 3.05) is 60.2 Å². The van der Waals surface area contributed by atoms with Crippen molar-refractivity contribution < 1.29 is 72.5 Å². The number of carbonyl (C=O) groups is 6. The minimum absolute atomic E-state index is 0.0246. The first kappa shape index (κ1) is 51.0. The maximum Gasteiger partial charge on any atom is 0.317 e. The Labute approximate surface area is 390 Å². The molecule has 1 aromatic rings. The maximum absolute atomic E-state index is 14.8. The Balaban J connectivity index is 1.37. The van der Waals surface area contributed by atoms with Crippen LogP contribution in [-0.4, -0.2) is 151 Å². The molecule has 10 atom stereocenters. The molecule has 5 bridgehead atoms. The van der Waals surface area contributed by atoms with Crippen molar-refractivity contribution in [2.45, 2.75) is 97.9 Å². The fourth-order valence-corrected chi connectivity index (χ4v) is 9.56. The van der Waals surface area contributed by atoms with E-state index in [-0.39, 0.29) is 72.7 Å². The van der Waals surface area contributed by atoms with Gasteiger partial charge in [-0.3, -0.25) is 28.8 Å². The van der Waals surface area contributed by atoms with E-state index in [2.05, 4.69) is 10.2 Å². The lowest BCUT2D eigenvalue weighted by molar-refractivity contribution is -0.168. The molecule has 0 radical (unpaired) electrons. The molecule has 2 saturated heterocycles. The number of rotatable bonds is 7. The summed E-state index contributed by atoms with van der Waals surface area (Å²) in [5, 5.41) is 37.5. The maximum atomic E-state index is 14.8. The third-order valence-electron chi connectivity index (χ3n) is 13.7. The predicted molar refractivity (Wildman–Crippen MR) is 241 cm³/mol. The van der Waals surface area contributed by atoms with Crippen LogP contribution in [-0.2, 0) is 38.1 Å². The summed E-state index contributed by atoms with van der Waals surface area (Å²) in [6.45, 7) is 13.6. The average Bonchev–Trinajstić information content (AvgIpc) is 3.56. The second-order valence-corrected chi connectivity index (χ2v) is 18.6. The summed E-state index contributed by atoms with van der Waals surface area (Å²) in [5.74, 6) is -10.8. The number of aromatic hydroxyl groups is 1. The van der Waals surface area contributed by atoms with E-state index in [0.29, 0.717) is 0 Å². The normalized spacial score (nSPS) is 33.0. The van der Waals surface area contributed by atoms with Gasteiger partial charge in [-0.05, 0) is 46.4 Å². The van der Waals surface area contributed by atoms with Crippen LogP contribution in [0.3, 0.4) is 0 Å². The number of amides is 1. The van der Waals surface area contributed by atoms with E-state index in [1.54, 1.807) is 44.7 Å². The number of nitrogens with zero attached hydrogens (tertiary/aromatic N) is 2. The van der Waals surface area contributed by atoms with Crippen LogP contribution in [0.4, 0.5) is 0 Å². The minimum atomic E-state index is -2.14. The van der Waals surface area contributed by atoms with E-state index in [9.17, 15) is 44.1 Å². The van der Waals surface area contributed by atoms with E-state index in [1.807, 2.05) is 7.05 Å². The van der Waals surface area contributed by atoms with E-state index in [4.69, 9.17) is 28.4 Å². The van der Waals surface area contributed by atoms with Gasteiger partial charge >= 0.3 is 17.7 Å². The Bertz CT molecular complexity index is 2240. The number of aliphatic hydroxyl groups excluding tert-OH is 2. The Morgan fingerprint density at radius 1 is 0.910 bits per heavy atom. The first-order chi connectivity index (χ1) is 31.7.